The molecule has 0 unspecified atom stereocenters. The zero-order valence-electron chi connectivity index (χ0n) is 14.4. The highest BCUT2D eigenvalue weighted by atomic mass is 32.2. The molecule has 0 saturated carbocycles. The van der Waals surface area contributed by atoms with Crippen LogP contribution < -0.4 is 10.5 Å². The number of rotatable bonds is 5. The maximum absolute atomic E-state index is 12.5. The molecule has 0 heterocycles. The Morgan fingerprint density at radius 1 is 1.04 bits per heavy atom. The summed E-state index contributed by atoms with van der Waals surface area (Å²) in [6, 6.07) is 8.31. The Kier molecular flexibility index (Phi) is 6.10. The van der Waals surface area contributed by atoms with Crippen LogP contribution in [0.1, 0.15) is 22.8 Å². The summed E-state index contributed by atoms with van der Waals surface area (Å²) in [6.07, 6.45) is -5.75. The lowest BCUT2D eigenvalue weighted by atomic mass is 10.2. The molecular formula is C17H15F3N2O5S. The van der Waals surface area contributed by atoms with E-state index in [0.717, 1.165) is 36.4 Å². The van der Waals surface area contributed by atoms with Crippen molar-refractivity contribution in [3.05, 3.63) is 59.7 Å². The lowest BCUT2D eigenvalue weighted by molar-refractivity contribution is -0.137. The number of alkyl halides is 3. The van der Waals surface area contributed by atoms with Gasteiger partial charge in [0.15, 0.2) is 6.10 Å². The molecule has 0 spiro atoms. The Labute approximate surface area is 158 Å². The molecule has 28 heavy (non-hydrogen) atoms. The largest absolute Gasteiger partial charge is 0.449 e. The van der Waals surface area contributed by atoms with Gasteiger partial charge in [-0.25, -0.2) is 18.4 Å². The van der Waals surface area contributed by atoms with Crippen LogP contribution in [0, 0.1) is 0 Å². The number of carbonyl (C=O) groups is 2. The van der Waals surface area contributed by atoms with Crippen molar-refractivity contribution in [2.24, 2.45) is 5.14 Å². The minimum atomic E-state index is -4.50. The number of primary sulfonamides is 1. The van der Waals surface area contributed by atoms with Crippen molar-refractivity contribution in [2.45, 2.75) is 24.1 Å². The third kappa shape index (κ3) is 5.54. The van der Waals surface area contributed by atoms with Gasteiger partial charge in [0.2, 0.25) is 10.0 Å². The van der Waals surface area contributed by atoms with Crippen LogP contribution in [0.2, 0.25) is 0 Å². The van der Waals surface area contributed by atoms with E-state index in [1.165, 1.54) is 19.1 Å². The number of sulfonamides is 1. The Morgan fingerprint density at radius 3 is 2.04 bits per heavy atom. The minimum absolute atomic E-state index is 0.0124. The quantitative estimate of drug-likeness (QED) is 0.727. The predicted octanol–water partition coefficient (Wildman–Crippen LogP) is 2.54. The molecule has 0 radical (unpaired) electrons. The summed E-state index contributed by atoms with van der Waals surface area (Å²) in [5.74, 6) is -1.65. The van der Waals surface area contributed by atoms with Gasteiger partial charge in [0, 0.05) is 5.69 Å². The van der Waals surface area contributed by atoms with Crippen molar-refractivity contribution < 1.29 is 35.9 Å². The van der Waals surface area contributed by atoms with Gasteiger partial charge in [-0.1, -0.05) is 0 Å². The predicted molar refractivity (Wildman–Crippen MR) is 92.8 cm³/mol. The zero-order valence-corrected chi connectivity index (χ0v) is 15.2. The van der Waals surface area contributed by atoms with Crippen LogP contribution in [0.25, 0.3) is 0 Å². The van der Waals surface area contributed by atoms with E-state index >= 15 is 0 Å². The number of esters is 1. The Morgan fingerprint density at radius 2 is 1.57 bits per heavy atom. The SMILES string of the molecule is C[C@H](OC(=O)c1ccc(S(N)(=O)=O)cc1)C(=O)Nc1ccc(C(F)(F)F)cc1. The molecule has 2 rings (SSSR count). The molecule has 2 aromatic carbocycles. The van der Waals surface area contributed by atoms with Crippen molar-refractivity contribution in [3.63, 3.8) is 0 Å². The van der Waals surface area contributed by atoms with E-state index in [2.05, 4.69) is 5.32 Å². The van der Waals surface area contributed by atoms with Gasteiger partial charge in [-0.15, -0.1) is 0 Å². The summed E-state index contributed by atoms with van der Waals surface area (Å²) in [6.45, 7) is 1.27. The second kappa shape index (κ2) is 7.98. The monoisotopic (exact) mass is 416 g/mol. The number of halogens is 3. The fraction of sp³-hybridized carbons (Fsp3) is 0.176. The van der Waals surface area contributed by atoms with Gasteiger partial charge in [-0.05, 0) is 55.5 Å². The molecule has 7 nitrogen and oxygen atoms in total. The standard InChI is InChI=1S/C17H15F3N2O5S/c1-10(15(23)22-13-6-4-12(5-7-13)17(18,19)20)27-16(24)11-2-8-14(9-3-11)28(21,25)26/h2-10H,1H3,(H,22,23)(H2,21,25,26)/t10-/m0/s1. The molecule has 1 atom stereocenters. The van der Waals surface area contributed by atoms with E-state index in [9.17, 15) is 31.2 Å². The molecule has 0 bridgehead atoms. The third-order valence-electron chi connectivity index (χ3n) is 3.55. The fourth-order valence-electron chi connectivity index (χ4n) is 2.05. The molecule has 0 aliphatic heterocycles. The summed E-state index contributed by atoms with van der Waals surface area (Å²) >= 11 is 0. The normalized spacial score (nSPS) is 12.9. The summed E-state index contributed by atoms with van der Waals surface area (Å²) in [7, 11) is -3.92. The molecule has 0 aliphatic rings. The first-order chi connectivity index (χ1) is 12.9. The summed E-state index contributed by atoms with van der Waals surface area (Å²) < 4.78 is 64.9. The lowest BCUT2D eigenvalue weighted by Gasteiger charge is -2.14. The maximum Gasteiger partial charge on any atom is 0.416 e. The average molecular weight is 416 g/mol. The highest BCUT2D eigenvalue weighted by Crippen LogP contribution is 2.29. The first-order valence-corrected chi connectivity index (χ1v) is 9.24. The molecule has 0 aromatic heterocycles. The third-order valence-corrected chi connectivity index (χ3v) is 4.48. The van der Waals surface area contributed by atoms with Gasteiger partial charge in [-0.2, -0.15) is 13.2 Å². The minimum Gasteiger partial charge on any atom is -0.449 e. The number of amides is 1. The van der Waals surface area contributed by atoms with Crippen LogP contribution in [0.3, 0.4) is 0 Å². The molecule has 0 fully saturated rings. The van der Waals surface area contributed by atoms with Crippen LogP contribution in [-0.2, 0) is 25.7 Å². The number of hydrogen-bond donors (Lipinski definition) is 2. The summed E-state index contributed by atoms with van der Waals surface area (Å²) in [5.41, 5.74) is -0.784. The van der Waals surface area contributed by atoms with E-state index in [-0.39, 0.29) is 16.1 Å². The number of nitrogens with two attached hydrogens (primary N) is 1. The second-order valence-electron chi connectivity index (χ2n) is 5.68. The lowest BCUT2D eigenvalue weighted by Crippen LogP contribution is -2.30. The topological polar surface area (TPSA) is 116 Å². The van der Waals surface area contributed by atoms with Gasteiger partial charge in [0.1, 0.15) is 0 Å². The molecule has 0 aliphatic carbocycles. The summed E-state index contributed by atoms with van der Waals surface area (Å²) in [5, 5.41) is 7.28. The van der Waals surface area contributed by atoms with E-state index in [0.29, 0.717) is 0 Å². The molecule has 1 amide bonds. The Balaban J connectivity index is 1.99. The number of hydrogen-bond acceptors (Lipinski definition) is 5. The van der Waals surface area contributed by atoms with Crippen LogP contribution in [0.4, 0.5) is 18.9 Å². The van der Waals surface area contributed by atoms with Crippen LogP contribution >= 0.6 is 0 Å². The van der Waals surface area contributed by atoms with Gasteiger partial charge in [0.25, 0.3) is 5.91 Å². The Bertz CT molecular complexity index is 971. The maximum atomic E-state index is 12.5. The van der Waals surface area contributed by atoms with Crippen LogP contribution in [0.15, 0.2) is 53.4 Å². The van der Waals surface area contributed by atoms with Crippen molar-refractivity contribution in [1.82, 2.24) is 0 Å². The Hall–Kier alpha value is -2.92. The number of benzene rings is 2. The number of carbonyl (C=O) groups excluding carboxylic acids is 2. The van der Waals surface area contributed by atoms with E-state index in [1.807, 2.05) is 0 Å². The molecule has 3 N–H and O–H groups in total. The molecule has 150 valence electrons. The van der Waals surface area contributed by atoms with Crippen molar-refractivity contribution in [2.75, 3.05) is 5.32 Å². The second-order valence-corrected chi connectivity index (χ2v) is 7.24. The zero-order chi connectivity index (χ0) is 21.1. The van der Waals surface area contributed by atoms with Gasteiger partial charge >= 0.3 is 12.1 Å². The molecule has 2 aromatic rings. The summed E-state index contributed by atoms with van der Waals surface area (Å²) in [4.78, 5) is 23.9. The first kappa shape index (κ1) is 21.4. The van der Waals surface area contributed by atoms with Crippen LogP contribution in [-0.4, -0.2) is 26.4 Å². The molecule has 0 saturated heterocycles. The first-order valence-electron chi connectivity index (χ1n) is 7.70. The van der Waals surface area contributed by atoms with Gasteiger partial charge < -0.3 is 10.1 Å². The highest BCUT2D eigenvalue weighted by Gasteiger charge is 2.30. The van der Waals surface area contributed by atoms with E-state index in [4.69, 9.17) is 9.88 Å². The molecular weight excluding hydrogens is 401 g/mol. The van der Waals surface area contributed by atoms with E-state index in [1.54, 1.807) is 0 Å². The number of nitrogens with one attached hydrogen (secondary N) is 1. The average Bonchev–Trinajstić information content (AvgIpc) is 2.60. The van der Waals surface area contributed by atoms with E-state index < -0.39 is 39.7 Å². The van der Waals surface area contributed by atoms with Crippen molar-refractivity contribution >= 4 is 27.6 Å². The van der Waals surface area contributed by atoms with Crippen LogP contribution in [0.5, 0.6) is 0 Å². The van der Waals surface area contributed by atoms with Crippen molar-refractivity contribution in [3.8, 4) is 0 Å². The highest BCUT2D eigenvalue weighted by molar-refractivity contribution is 7.89. The van der Waals surface area contributed by atoms with Crippen molar-refractivity contribution in [1.29, 1.82) is 0 Å². The fourth-order valence-corrected chi connectivity index (χ4v) is 2.56. The molecule has 11 heteroatoms. The smallest absolute Gasteiger partial charge is 0.416 e. The number of anilines is 1. The van der Waals surface area contributed by atoms with Gasteiger partial charge in [0.05, 0.1) is 16.0 Å². The van der Waals surface area contributed by atoms with Gasteiger partial charge in [-0.3, -0.25) is 4.79 Å². The number of ether oxygens (including phenoxy) is 1.